The van der Waals surface area contributed by atoms with E-state index in [-0.39, 0.29) is 6.04 Å². The number of rotatable bonds is 5. The summed E-state index contributed by atoms with van der Waals surface area (Å²) >= 11 is 0. The van der Waals surface area contributed by atoms with Gasteiger partial charge in [-0.1, -0.05) is 24.3 Å². The first-order valence-electron chi connectivity index (χ1n) is 9.11. The number of carbonyl (C=O) groups is 2. The van der Waals surface area contributed by atoms with Crippen LogP contribution in [0.4, 0.5) is 5.69 Å². The standard InChI is InChI=1S/C21H22N2O3/c1-2-26-16-11-9-15(10-12-16)18-8-5-13-22(18)14-23-19-7-4-3-6-17(19)20(24)21(23)25/h3-4,6-7,9-12,18H,2,5,8,13-14H2,1H3/t18-/m1/s1. The van der Waals surface area contributed by atoms with Gasteiger partial charge in [0.2, 0.25) is 0 Å². The average molecular weight is 350 g/mol. The molecule has 2 aromatic rings. The molecule has 2 heterocycles. The first kappa shape index (κ1) is 16.8. The van der Waals surface area contributed by atoms with Gasteiger partial charge in [0.1, 0.15) is 5.75 Å². The summed E-state index contributed by atoms with van der Waals surface area (Å²) in [6.07, 6.45) is 2.13. The van der Waals surface area contributed by atoms with Gasteiger partial charge in [0.05, 0.1) is 24.5 Å². The number of benzene rings is 2. The Morgan fingerprint density at radius 2 is 1.85 bits per heavy atom. The lowest BCUT2D eigenvalue weighted by Crippen LogP contribution is -2.40. The molecule has 26 heavy (non-hydrogen) atoms. The molecule has 0 radical (unpaired) electrons. The van der Waals surface area contributed by atoms with E-state index in [9.17, 15) is 9.59 Å². The van der Waals surface area contributed by atoms with E-state index in [2.05, 4.69) is 17.0 Å². The van der Waals surface area contributed by atoms with E-state index in [1.165, 1.54) is 5.56 Å². The lowest BCUT2D eigenvalue weighted by Gasteiger charge is -2.29. The Balaban J connectivity index is 1.54. The van der Waals surface area contributed by atoms with Gasteiger partial charge in [-0.05, 0) is 49.6 Å². The summed E-state index contributed by atoms with van der Waals surface area (Å²) in [5.41, 5.74) is 2.45. The van der Waals surface area contributed by atoms with E-state index in [4.69, 9.17) is 4.74 Å². The molecule has 2 aliphatic rings. The molecule has 0 N–H and O–H groups in total. The minimum Gasteiger partial charge on any atom is -0.494 e. The second-order valence-electron chi connectivity index (χ2n) is 6.69. The molecule has 1 fully saturated rings. The van der Waals surface area contributed by atoms with Crippen LogP contribution in [0.1, 0.15) is 41.7 Å². The summed E-state index contributed by atoms with van der Waals surface area (Å²) in [6.45, 7) is 3.98. The summed E-state index contributed by atoms with van der Waals surface area (Å²) in [6, 6.07) is 15.7. The van der Waals surface area contributed by atoms with Gasteiger partial charge in [-0.15, -0.1) is 0 Å². The van der Waals surface area contributed by atoms with Crippen molar-refractivity contribution in [3.63, 3.8) is 0 Å². The molecule has 1 amide bonds. The minimum absolute atomic E-state index is 0.251. The molecule has 0 aromatic heterocycles. The van der Waals surface area contributed by atoms with E-state index in [0.717, 1.165) is 30.8 Å². The van der Waals surface area contributed by atoms with Gasteiger partial charge in [-0.3, -0.25) is 19.4 Å². The van der Waals surface area contributed by atoms with E-state index in [0.29, 0.717) is 18.8 Å². The van der Waals surface area contributed by atoms with Crippen LogP contribution in [0, 0.1) is 0 Å². The first-order chi connectivity index (χ1) is 12.7. The minimum atomic E-state index is -0.427. The molecular formula is C21H22N2O3. The van der Waals surface area contributed by atoms with Crippen molar-refractivity contribution in [2.24, 2.45) is 0 Å². The van der Waals surface area contributed by atoms with E-state index >= 15 is 0 Å². The van der Waals surface area contributed by atoms with Crippen molar-refractivity contribution < 1.29 is 14.3 Å². The zero-order valence-electron chi connectivity index (χ0n) is 14.9. The number of ether oxygens (including phenoxy) is 1. The maximum atomic E-state index is 12.4. The zero-order valence-corrected chi connectivity index (χ0v) is 14.9. The number of ketones is 1. The number of fused-ring (bicyclic) bond motifs is 1. The summed E-state index contributed by atoms with van der Waals surface area (Å²) in [5, 5.41) is 0. The molecule has 0 bridgehead atoms. The molecule has 0 aliphatic carbocycles. The van der Waals surface area contributed by atoms with Crippen molar-refractivity contribution in [2.75, 3.05) is 24.7 Å². The maximum Gasteiger partial charge on any atom is 0.300 e. The highest BCUT2D eigenvalue weighted by Gasteiger charge is 2.38. The van der Waals surface area contributed by atoms with Crippen molar-refractivity contribution in [3.8, 4) is 5.75 Å². The Morgan fingerprint density at radius 1 is 1.08 bits per heavy atom. The number of anilines is 1. The third-order valence-corrected chi connectivity index (χ3v) is 5.14. The van der Waals surface area contributed by atoms with Crippen LogP contribution >= 0.6 is 0 Å². The molecule has 134 valence electrons. The number of nitrogens with zero attached hydrogens (tertiary/aromatic N) is 2. The summed E-state index contributed by atoms with van der Waals surface area (Å²) in [5.74, 6) is 0.0380. The summed E-state index contributed by atoms with van der Waals surface area (Å²) in [7, 11) is 0. The van der Waals surface area contributed by atoms with Crippen LogP contribution in [0.3, 0.4) is 0 Å². The molecule has 1 saturated heterocycles. The number of likely N-dealkylation sites (tertiary alicyclic amines) is 1. The second kappa shape index (κ2) is 6.92. The van der Waals surface area contributed by atoms with E-state index in [1.807, 2.05) is 31.2 Å². The van der Waals surface area contributed by atoms with Gasteiger partial charge in [-0.2, -0.15) is 0 Å². The molecule has 5 nitrogen and oxygen atoms in total. The topological polar surface area (TPSA) is 49.9 Å². The maximum absolute atomic E-state index is 12.4. The normalized spacial score (nSPS) is 19.9. The van der Waals surface area contributed by atoms with Crippen molar-refractivity contribution in [2.45, 2.75) is 25.8 Å². The van der Waals surface area contributed by atoms with Crippen LogP contribution < -0.4 is 9.64 Å². The predicted molar refractivity (Wildman–Crippen MR) is 99.4 cm³/mol. The monoisotopic (exact) mass is 350 g/mol. The molecule has 0 spiro atoms. The molecule has 5 heteroatoms. The third kappa shape index (κ3) is 2.88. The molecule has 0 saturated carbocycles. The quantitative estimate of drug-likeness (QED) is 0.776. The van der Waals surface area contributed by atoms with Crippen molar-refractivity contribution >= 4 is 17.4 Å². The number of amides is 1. The van der Waals surface area contributed by atoms with Crippen LogP contribution in [0.25, 0.3) is 0 Å². The average Bonchev–Trinajstić information content (AvgIpc) is 3.22. The Morgan fingerprint density at radius 3 is 2.62 bits per heavy atom. The van der Waals surface area contributed by atoms with Gasteiger partial charge < -0.3 is 4.74 Å². The lowest BCUT2D eigenvalue weighted by atomic mass is 10.0. The molecular weight excluding hydrogens is 328 g/mol. The van der Waals surface area contributed by atoms with Crippen molar-refractivity contribution in [3.05, 3.63) is 59.7 Å². The number of para-hydroxylation sites is 1. The Labute approximate surface area is 153 Å². The Bertz CT molecular complexity index is 831. The first-order valence-corrected chi connectivity index (χ1v) is 9.11. The lowest BCUT2D eigenvalue weighted by molar-refractivity contribution is -0.114. The third-order valence-electron chi connectivity index (χ3n) is 5.14. The van der Waals surface area contributed by atoms with Gasteiger partial charge in [-0.25, -0.2) is 0 Å². The van der Waals surface area contributed by atoms with Crippen LogP contribution in [0.2, 0.25) is 0 Å². The molecule has 2 aliphatic heterocycles. The van der Waals surface area contributed by atoms with Crippen LogP contribution in [0.15, 0.2) is 48.5 Å². The van der Waals surface area contributed by atoms with Gasteiger partial charge in [0.25, 0.3) is 5.78 Å². The molecule has 1 atom stereocenters. The number of hydrogen-bond acceptors (Lipinski definition) is 4. The van der Waals surface area contributed by atoms with Crippen molar-refractivity contribution in [1.82, 2.24) is 4.90 Å². The van der Waals surface area contributed by atoms with Crippen molar-refractivity contribution in [1.29, 1.82) is 0 Å². The fourth-order valence-electron chi connectivity index (χ4n) is 3.90. The molecule has 2 aromatic carbocycles. The SMILES string of the molecule is CCOc1ccc([C@H]2CCCN2CN2C(=O)C(=O)c3ccccc32)cc1. The smallest absolute Gasteiger partial charge is 0.300 e. The summed E-state index contributed by atoms with van der Waals surface area (Å²) in [4.78, 5) is 28.5. The van der Waals surface area contributed by atoms with E-state index < -0.39 is 11.7 Å². The highest BCUT2D eigenvalue weighted by molar-refractivity contribution is 6.52. The predicted octanol–water partition coefficient (Wildman–Crippen LogP) is 3.41. The number of hydrogen-bond donors (Lipinski definition) is 0. The highest BCUT2D eigenvalue weighted by atomic mass is 16.5. The van der Waals surface area contributed by atoms with Gasteiger partial charge >= 0.3 is 5.91 Å². The largest absolute Gasteiger partial charge is 0.494 e. The Kier molecular flexibility index (Phi) is 4.47. The van der Waals surface area contributed by atoms with Gasteiger partial charge in [0, 0.05) is 12.6 Å². The highest BCUT2D eigenvalue weighted by Crippen LogP contribution is 2.35. The van der Waals surface area contributed by atoms with Gasteiger partial charge in [0.15, 0.2) is 0 Å². The fourth-order valence-corrected chi connectivity index (χ4v) is 3.90. The number of Topliss-reactive ketones (excluding diaryl/α,β-unsaturated/α-hetero) is 1. The van der Waals surface area contributed by atoms with Crippen LogP contribution in [-0.4, -0.2) is 36.4 Å². The number of carbonyl (C=O) groups excluding carboxylic acids is 2. The second-order valence-corrected chi connectivity index (χ2v) is 6.69. The van der Waals surface area contributed by atoms with Crippen LogP contribution in [-0.2, 0) is 4.79 Å². The Hall–Kier alpha value is -2.66. The van der Waals surface area contributed by atoms with Crippen LogP contribution in [0.5, 0.6) is 5.75 Å². The summed E-state index contributed by atoms with van der Waals surface area (Å²) < 4.78 is 5.52. The molecule has 4 rings (SSSR count). The van der Waals surface area contributed by atoms with E-state index in [1.54, 1.807) is 17.0 Å². The zero-order chi connectivity index (χ0) is 18.1. The molecule has 0 unspecified atom stereocenters. The fraction of sp³-hybridized carbons (Fsp3) is 0.333.